The van der Waals surface area contributed by atoms with Gasteiger partial charge >= 0.3 is 0 Å². The average molecular weight is 732 g/mol. The zero-order chi connectivity index (χ0) is 30.0. The van der Waals surface area contributed by atoms with Gasteiger partial charge in [-0.2, -0.15) is 0 Å². The van der Waals surface area contributed by atoms with Crippen LogP contribution in [-0.2, 0) is 6.54 Å². The maximum atomic E-state index is 2.66. The van der Waals surface area contributed by atoms with Crippen LogP contribution in [0.1, 0.15) is 108 Å². The van der Waals surface area contributed by atoms with Crippen molar-refractivity contribution in [3.63, 3.8) is 0 Å². The van der Waals surface area contributed by atoms with Gasteiger partial charge in [0.15, 0.2) is 18.9 Å². The van der Waals surface area contributed by atoms with E-state index >= 15 is 0 Å². The topological polar surface area (TPSA) is 7.12 Å². The lowest BCUT2D eigenvalue weighted by atomic mass is 10.0. The largest absolute Gasteiger partial charge is 1.00 e. The van der Waals surface area contributed by atoms with Gasteiger partial charge in [0.25, 0.3) is 0 Å². The number of rotatable bonds is 21. The van der Waals surface area contributed by atoms with Gasteiger partial charge in [-0.15, -0.1) is 0 Å². The highest BCUT2D eigenvalue weighted by molar-refractivity contribution is 5.88. The van der Waals surface area contributed by atoms with Crippen molar-refractivity contribution in [2.24, 2.45) is 0 Å². The summed E-state index contributed by atoms with van der Waals surface area (Å²) in [7, 11) is 6.77. The molecule has 2 aromatic carbocycles. The highest BCUT2D eigenvalue weighted by atomic mass is 79.9. The third kappa shape index (κ3) is 16.0. The van der Waals surface area contributed by atoms with Crippen LogP contribution in [0.2, 0.25) is 0 Å². The molecule has 246 valence electrons. The first-order chi connectivity index (χ1) is 20.4. The minimum Gasteiger partial charge on any atom is -1.00 e. The van der Waals surface area contributed by atoms with Gasteiger partial charge in [-0.05, 0) is 52.9 Å². The minimum atomic E-state index is 0. The third-order valence-corrected chi connectivity index (χ3v) is 8.41. The summed E-state index contributed by atoms with van der Waals surface area (Å²) in [6.07, 6.45) is 26.3. The van der Waals surface area contributed by atoms with Gasteiger partial charge < -0.3 is 43.3 Å². The van der Waals surface area contributed by atoms with E-state index in [4.69, 9.17) is 0 Å². The number of aromatic nitrogens is 1. The predicted molar refractivity (Wildman–Crippen MR) is 186 cm³/mol. The Morgan fingerprint density at radius 3 is 1.70 bits per heavy atom. The van der Waals surface area contributed by atoms with Crippen molar-refractivity contribution in [1.82, 2.24) is 0 Å². The van der Waals surface area contributed by atoms with E-state index in [-0.39, 0.29) is 34.0 Å². The summed E-state index contributed by atoms with van der Waals surface area (Å²) >= 11 is 0. The lowest BCUT2D eigenvalue weighted by Gasteiger charge is -2.25. The summed E-state index contributed by atoms with van der Waals surface area (Å²) < 4.78 is 3.31. The summed E-state index contributed by atoms with van der Waals surface area (Å²) in [6, 6.07) is 18.5. The Balaban J connectivity index is 0.00000484. The molecule has 1 heterocycles. The van der Waals surface area contributed by atoms with E-state index in [0.29, 0.717) is 0 Å². The van der Waals surface area contributed by atoms with E-state index in [2.05, 4.69) is 118 Å². The fraction of sp³-hybridized carbons (Fsp3) is 0.564. The molecular formula is C39H61Br2N3. The SMILES string of the molecule is CCCCCCCCN(CCCCCCCC)c1ccc2cc(/C=C/c3cc[n+](CCC[N+](C)(C)C)cc3)ccc2c1.[Br-].[Br-]. The molecule has 0 aliphatic rings. The zero-order valence-corrected chi connectivity index (χ0v) is 31.7. The first kappa shape index (κ1) is 40.3. The number of benzene rings is 2. The van der Waals surface area contributed by atoms with E-state index in [1.807, 2.05) is 0 Å². The molecule has 5 heteroatoms. The van der Waals surface area contributed by atoms with E-state index in [9.17, 15) is 0 Å². The molecule has 3 rings (SSSR count). The Kier molecular flexibility index (Phi) is 20.9. The molecule has 0 saturated heterocycles. The Bertz CT molecular complexity index is 1170. The Hall–Kier alpha value is -1.69. The number of hydrogen-bond acceptors (Lipinski definition) is 1. The van der Waals surface area contributed by atoms with Crippen molar-refractivity contribution < 1.29 is 43.0 Å². The van der Waals surface area contributed by atoms with Crippen LogP contribution in [0, 0.1) is 0 Å². The van der Waals surface area contributed by atoms with Gasteiger partial charge in [-0.1, -0.05) is 108 Å². The second-order valence-corrected chi connectivity index (χ2v) is 13.4. The molecule has 3 aromatic rings. The number of anilines is 1. The molecule has 0 aliphatic carbocycles. The molecule has 0 aliphatic heterocycles. The van der Waals surface area contributed by atoms with Gasteiger partial charge in [0.1, 0.15) is 0 Å². The second kappa shape index (κ2) is 22.8. The molecule has 3 nitrogen and oxygen atoms in total. The molecule has 0 N–H and O–H groups in total. The van der Waals surface area contributed by atoms with E-state index in [1.165, 1.54) is 131 Å². The van der Waals surface area contributed by atoms with Crippen LogP contribution in [0.5, 0.6) is 0 Å². The number of pyridine rings is 1. The number of nitrogens with zero attached hydrogens (tertiary/aromatic N) is 3. The van der Waals surface area contributed by atoms with Crippen molar-refractivity contribution >= 4 is 28.6 Å². The molecule has 0 radical (unpaired) electrons. The summed E-state index contributed by atoms with van der Waals surface area (Å²) in [5.41, 5.74) is 3.89. The second-order valence-electron chi connectivity index (χ2n) is 13.4. The fourth-order valence-electron chi connectivity index (χ4n) is 5.74. The standard InChI is InChI=1S/C39H61N3.2BrH/c1-6-8-10-12-14-16-28-41(29-17-15-13-11-9-7-2)39-24-23-37-33-36(21-22-38(37)34-39)20-19-35-25-30-40(31-26-35)27-18-32-42(3,4)5;;/h19-26,30-31,33-34H,6-18,27-29,32H2,1-5H3;2*1H/q+2;;/p-2. The number of hydrogen-bond donors (Lipinski definition) is 0. The van der Waals surface area contributed by atoms with E-state index in [0.717, 1.165) is 11.0 Å². The number of quaternary nitrogens is 1. The minimum absolute atomic E-state index is 0. The summed E-state index contributed by atoms with van der Waals surface area (Å²) in [4.78, 5) is 2.66. The number of halogens is 2. The number of aryl methyl sites for hydroxylation is 1. The molecule has 0 unspecified atom stereocenters. The van der Waals surface area contributed by atoms with Gasteiger partial charge in [-0.3, -0.25) is 0 Å². The highest BCUT2D eigenvalue weighted by Gasteiger charge is 2.10. The fourth-order valence-corrected chi connectivity index (χ4v) is 5.74. The van der Waals surface area contributed by atoms with Crippen molar-refractivity contribution in [2.45, 2.75) is 104 Å². The van der Waals surface area contributed by atoms with E-state index < -0.39 is 0 Å². The first-order valence-electron chi connectivity index (χ1n) is 17.1. The Labute approximate surface area is 291 Å². The normalized spacial score (nSPS) is 11.5. The van der Waals surface area contributed by atoms with Crippen LogP contribution in [0.25, 0.3) is 22.9 Å². The highest BCUT2D eigenvalue weighted by Crippen LogP contribution is 2.25. The Morgan fingerprint density at radius 2 is 1.11 bits per heavy atom. The van der Waals surface area contributed by atoms with Crippen LogP contribution in [0.4, 0.5) is 5.69 Å². The van der Waals surface area contributed by atoms with Gasteiger partial charge in [0, 0.05) is 30.9 Å². The molecule has 0 saturated carbocycles. The predicted octanol–water partition coefficient (Wildman–Crippen LogP) is 3.93. The number of unbranched alkanes of at least 4 members (excludes halogenated alkanes) is 10. The maximum Gasteiger partial charge on any atom is 0.169 e. The molecular weight excluding hydrogens is 670 g/mol. The molecule has 0 atom stereocenters. The van der Waals surface area contributed by atoms with Crippen molar-refractivity contribution in [3.8, 4) is 0 Å². The van der Waals surface area contributed by atoms with Crippen LogP contribution in [-0.4, -0.2) is 45.3 Å². The van der Waals surface area contributed by atoms with Crippen LogP contribution >= 0.6 is 0 Å². The van der Waals surface area contributed by atoms with Crippen LogP contribution in [0.15, 0.2) is 60.9 Å². The number of fused-ring (bicyclic) bond motifs is 1. The van der Waals surface area contributed by atoms with Gasteiger partial charge in [0.05, 0.1) is 34.1 Å². The molecule has 0 spiro atoms. The van der Waals surface area contributed by atoms with Gasteiger partial charge in [0.2, 0.25) is 0 Å². The molecule has 0 fully saturated rings. The quantitative estimate of drug-likeness (QED) is 0.0917. The molecule has 0 bridgehead atoms. The lowest BCUT2D eigenvalue weighted by molar-refractivity contribution is -0.873. The third-order valence-electron chi connectivity index (χ3n) is 8.41. The molecule has 0 amide bonds. The maximum absolute atomic E-state index is 2.66. The van der Waals surface area contributed by atoms with Crippen molar-refractivity contribution in [2.75, 3.05) is 45.7 Å². The first-order valence-corrected chi connectivity index (χ1v) is 17.1. The summed E-state index contributed by atoms with van der Waals surface area (Å²) in [6.45, 7) is 9.22. The monoisotopic (exact) mass is 729 g/mol. The van der Waals surface area contributed by atoms with Crippen LogP contribution in [0.3, 0.4) is 0 Å². The average Bonchev–Trinajstić information content (AvgIpc) is 2.98. The smallest absolute Gasteiger partial charge is 0.169 e. The zero-order valence-electron chi connectivity index (χ0n) is 28.5. The van der Waals surface area contributed by atoms with Crippen molar-refractivity contribution in [3.05, 3.63) is 72.1 Å². The summed E-state index contributed by atoms with van der Waals surface area (Å²) in [5, 5.41) is 2.67. The Morgan fingerprint density at radius 1 is 0.591 bits per heavy atom. The van der Waals surface area contributed by atoms with Crippen molar-refractivity contribution in [1.29, 1.82) is 0 Å². The molecule has 1 aromatic heterocycles. The lowest BCUT2D eigenvalue weighted by Crippen LogP contribution is -3.00. The van der Waals surface area contributed by atoms with E-state index in [1.54, 1.807) is 0 Å². The van der Waals surface area contributed by atoms with Crippen LogP contribution < -0.4 is 43.4 Å². The summed E-state index contributed by atoms with van der Waals surface area (Å²) in [5.74, 6) is 0. The molecule has 44 heavy (non-hydrogen) atoms. The van der Waals surface area contributed by atoms with Gasteiger partial charge in [-0.25, -0.2) is 4.57 Å².